The zero-order chi connectivity index (χ0) is 38.2. The van der Waals surface area contributed by atoms with Crippen LogP contribution in [0.3, 0.4) is 0 Å². The lowest BCUT2D eigenvalue weighted by atomic mass is 9.95. The largest absolute Gasteiger partial charge is 0.508 e. The number of phenolic OH excluding ortho intramolecular Hbond substituents is 1. The quantitative estimate of drug-likeness (QED) is 0.0648. The van der Waals surface area contributed by atoms with E-state index in [1.165, 1.54) is 32.1 Å². The number of hydrogen-bond donors (Lipinski definition) is 7. The lowest BCUT2D eigenvalue weighted by Crippen LogP contribution is -2.44. The summed E-state index contributed by atoms with van der Waals surface area (Å²) in [5.74, 6) is 1.13. The lowest BCUT2D eigenvalue weighted by molar-refractivity contribution is -0.132. The maximum Gasteiger partial charge on any atom is 0.237 e. The molecule has 2 aromatic carbocycles. The Morgan fingerprint density at radius 2 is 1.67 bits per heavy atom. The van der Waals surface area contributed by atoms with Crippen LogP contribution in [0.5, 0.6) is 5.75 Å². The first-order chi connectivity index (χ1) is 26.9. The van der Waals surface area contributed by atoms with E-state index in [1.807, 2.05) is 40.0 Å². The molecule has 0 bridgehead atoms. The van der Waals surface area contributed by atoms with Gasteiger partial charge in [-0.05, 0) is 94.4 Å². The van der Waals surface area contributed by atoms with Crippen molar-refractivity contribution in [2.75, 3.05) is 43.4 Å². The Morgan fingerprint density at radius 3 is 2.49 bits per heavy atom. The van der Waals surface area contributed by atoms with Crippen molar-refractivity contribution in [3.8, 4) is 5.75 Å². The molecule has 296 valence electrons. The van der Waals surface area contributed by atoms with E-state index in [-0.39, 0.29) is 36.4 Å². The number of phenols is 1. The van der Waals surface area contributed by atoms with Crippen LogP contribution in [-0.2, 0) is 29.2 Å². The minimum atomic E-state index is -0.776. The van der Waals surface area contributed by atoms with Crippen molar-refractivity contribution in [2.24, 2.45) is 5.73 Å². The van der Waals surface area contributed by atoms with Crippen molar-refractivity contribution in [3.05, 3.63) is 66.0 Å². The first-order valence-corrected chi connectivity index (χ1v) is 20.1. The fourth-order valence-electron chi connectivity index (χ4n) is 7.25. The van der Waals surface area contributed by atoms with Crippen LogP contribution in [0.15, 0.2) is 54.7 Å². The van der Waals surface area contributed by atoms with Gasteiger partial charge < -0.3 is 42.3 Å². The molecule has 2 aromatic heterocycles. The predicted molar refractivity (Wildman–Crippen MR) is 214 cm³/mol. The number of carbonyl (C=O) groups excluding carboxylic acids is 2. The molecule has 55 heavy (non-hydrogen) atoms. The number of benzene rings is 2. The summed E-state index contributed by atoms with van der Waals surface area (Å²) >= 11 is 0. The fourth-order valence-corrected chi connectivity index (χ4v) is 7.25. The van der Waals surface area contributed by atoms with E-state index in [4.69, 9.17) is 15.7 Å². The first kappa shape index (κ1) is 39.8. The number of piperidine rings is 1. The number of aryl methyl sites for hydroxylation is 1. The van der Waals surface area contributed by atoms with E-state index in [1.54, 1.807) is 24.3 Å². The highest BCUT2D eigenvalue weighted by atomic mass is 16.3. The molecule has 2 fully saturated rings. The highest BCUT2D eigenvalue weighted by molar-refractivity contribution is 5.90. The van der Waals surface area contributed by atoms with Crippen LogP contribution in [0.4, 0.5) is 11.8 Å². The molecular formula is C40H58N12O3. The van der Waals surface area contributed by atoms with E-state index >= 15 is 0 Å². The summed E-state index contributed by atoms with van der Waals surface area (Å²) in [7, 11) is 0. The fraction of sp³-hybridized carbons (Fsp3) is 0.550. The third-order valence-corrected chi connectivity index (χ3v) is 10.5. The number of aromatic nitrogens is 5. The minimum Gasteiger partial charge on any atom is -0.508 e. The standard InChI is InChI=1S/C40H58N12O3/c41-35(39(55)44-26-29-12-14-33(53)15-13-29)16-17-37(54)51-24-18-31(19-25-51)46-38-34-10-4-5-11-36(34)47-40(48-38)45-27-32-28-52(50-49-32)23-7-21-42-20-6-22-43-30-8-2-1-3-9-30/h4-5,10-15,28,30-31,35,42-43,53H,1-3,6-9,16-27,41H2,(H,44,55)(H2,45,46,47,48)/t35-/m0/s1. The average Bonchev–Trinajstić information content (AvgIpc) is 3.68. The Morgan fingerprint density at radius 1 is 0.891 bits per heavy atom. The van der Waals surface area contributed by atoms with Crippen molar-refractivity contribution < 1.29 is 14.7 Å². The van der Waals surface area contributed by atoms with Gasteiger partial charge in [-0.2, -0.15) is 4.98 Å². The molecule has 1 aliphatic heterocycles. The van der Waals surface area contributed by atoms with Gasteiger partial charge in [0, 0.05) is 50.1 Å². The normalized spacial score (nSPS) is 15.9. The van der Waals surface area contributed by atoms with Crippen LogP contribution in [-0.4, -0.2) is 97.6 Å². The second-order valence-corrected chi connectivity index (χ2v) is 14.8. The molecule has 6 rings (SSSR count). The molecule has 1 aliphatic carbocycles. The third-order valence-electron chi connectivity index (χ3n) is 10.5. The summed E-state index contributed by atoms with van der Waals surface area (Å²) in [5, 5.41) is 36.1. The minimum absolute atomic E-state index is 0.000751. The van der Waals surface area contributed by atoms with Crippen molar-refractivity contribution in [1.82, 2.24) is 45.8 Å². The molecule has 1 saturated heterocycles. The number of anilines is 2. The van der Waals surface area contributed by atoms with Gasteiger partial charge >= 0.3 is 0 Å². The number of fused-ring (bicyclic) bond motifs is 1. The number of likely N-dealkylation sites (tertiary alicyclic amines) is 1. The Hall–Kier alpha value is -4.86. The van der Waals surface area contributed by atoms with E-state index in [2.05, 4.69) is 36.9 Å². The molecule has 0 radical (unpaired) electrons. The van der Waals surface area contributed by atoms with Gasteiger partial charge in [0.1, 0.15) is 17.3 Å². The summed E-state index contributed by atoms with van der Waals surface area (Å²) in [6, 6.07) is 14.6. The topological polar surface area (TPSA) is 200 Å². The number of para-hydroxylation sites is 1. The summed E-state index contributed by atoms with van der Waals surface area (Å²) < 4.78 is 1.89. The summed E-state index contributed by atoms with van der Waals surface area (Å²) in [4.78, 5) is 36.9. The molecule has 15 heteroatoms. The predicted octanol–water partition coefficient (Wildman–Crippen LogP) is 3.66. The van der Waals surface area contributed by atoms with Gasteiger partial charge in [0.2, 0.25) is 17.8 Å². The molecule has 2 aliphatic rings. The molecule has 0 unspecified atom stereocenters. The number of nitrogens with two attached hydrogens (primary N) is 1. The van der Waals surface area contributed by atoms with Crippen molar-refractivity contribution in [2.45, 2.75) is 108 Å². The molecule has 4 aromatic rings. The molecule has 3 heterocycles. The van der Waals surface area contributed by atoms with Gasteiger partial charge in [0.25, 0.3) is 0 Å². The van der Waals surface area contributed by atoms with Crippen LogP contribution in [0.2, 0.25) is 0 Å². The number of nitrogens with one attached hydrogen (secondary N) is 5. The van der Waals surface area contributed by atoms with Gasteiger partial charge in [-0.15, -0.1) is 5.10 Å². The number of amides is 2. The highest BCUT2D eigenvalue weighted by Gasteiger charge is 2.25. The van der Waals surface area contributed by atoms with E-state index < -0.39 is 6.04 Å². The van der Waals surface area contributed by atoms with Crippen molar-refractivity contribution in [3.63, 3.8) is 0 Å². The summed E-state index contributed by atoms with van der Waals surface area (Å²) in [6.07, 6.45) is 12.9. The highest BCUT2D eigenvalue weighted by Crippen LogP contribution is 2.25. The number of carbonyl (C=O) groups is 2. The second kappa shape index (κ2) is 20.7. The molecule has 2 amide bonds. The summed E-state index contributed by atoms with van der Waals surface area (Å²) in [5.41, 5.74) is 8.60. The number of rotatable bonds is 20. The van der Waals surface area contributed by atoms with Crippen LogP contribution in [0.25, 0.3) is 10.9 Å². The smallest absolute Gasteiger partial charge is 0.237 e. The monoisotopic (exact) mass is 754 g/mol. The lowest BCUT2D eigenvalue weighted by Gasteiger charge is -2.33. The van der Waals surface area contributed by atoms with Gasteiger partial charge in [-0.1, -0.05) is 48.7 Å². The van der Waals surface area contributed by atoms with Crippen molar-refractivity contribution >= 4 is 34.5 Å². The van der Waals surface area contributed by atoms with Gasteiger partial charge in [-0.3, -0.25) is 14.3 Å². The van der Waals surface area contributed by atoms with Crippen LogP contribution in [0.1, 0.15) is 81.9 Å². The van der Waals surface area contributed by atoms with E-state index in [0.29, 0.717) is 32.1 Å². The first-order valence-electron chi connectivity index (χ1n) is 20.1. The zero-order valence-corrected chi connectivity index (χ0v) is 31.9. The average molecular weight is 755 g/mol. The Kier molecular flexibility index (Phi) is 15.0. The SMILES string of the molecule is N[C@@H](CCC(=O)N1CCC(Nc2nc(NCc3cn(CCCNCCCNC4CCCCC4)nn3)nc3ccccc23)CC1)C(=O)NCc1ccc(O)cc1. The molecule has 8 N–H and O–H groups in total. The van der Waals surface area contributed by atoms with Gasteiger partial charge in [0.05, 0.1) is 24.3 Å². The molecule has 15 nitrogen and oxygen atoms in total. The molecule has 1 saturated carbocycles. The molecule has 1 atom stereocenters. The van der Waals surface area contributed by atoms with E-state index in [0.717, 1.165) is 85.9 Å². The zero-order valence-electron chi connectivity index (χ0n) is 31.9. The third kappa shape index (κ3) is 12.6. The second-order valence-electron chi connectivity index (χ2n) is 14.8. The van der Waals surface area contributed by atoms with Crippen LogP contribution < -0.4 is 32.3 Å². The number of hydrogen-bond acceptors (Lipinski definition) is 12. The van der Waals surface area contributed by atoms with Crippen LogP contribution >= 0.6 is 0 Å². The number of aromatic hydroxyl groups is 1. The summed E-state index contributed by atoms with van der Waals surface area (Å²) in [6.45, 7) is 5.84. The van der Waals surface area contributed by atoms with Crippen molar-refractivity contribution in [1.29, 1.82) is 0 Å². The maximum absolute atomic E-state index is 13.0. The van der Waals surface area contributed by atoms with E-state index in [9.17, 15) is 14.7 Å². The Labute approximate surface area is 323 Å². The van der Waals surface area contributed by atoms with Crippen LogP contribution in [0, 0.1) is 0 Å². The molecule has 0 spiro atoms. The Bertz CT molecular complexity index is 1790. The Balaban J connectivity index is 0.894. The van der Waals surface area contributed by atoms with Gasteiger partial charge in [0.15, 0.2) is 0 Å². The molecular weight excluding hydrogens is 697 g/mol. The number of nitrogens with zero attached hydrogens (tertiary/aromatic N) is 6. The van der Waals surface area contributed by atoms with Gasteiger partial charge in [-0.25, -0.2) is 4.98 Å². The maximum atomic E-state index is 13.0.